The molecular formula is C26H16F3N7. The van der Waals surface area contributed by atoms with Gasteiger partial charge in [0.05, 0.1) is 28.8 Å². The van der Waals surface area contributed by atoms with Crippen LogP contribution in [0.5, 0.6) is 0 Å². The number of hydrogen-bond donors (Lipinski definition) is 1. The lowest BCUT2D eigenvalue weighted by molar-refractivity contribution is -0.137. The van der Waals surface area contributed by atoms with Gasteiger partial charge in [0.2, 0.25) is 0 Å². The third-order valence-electron chi connectivity index (χ3n) is 6.00. The second-order valence-corrected chi connectivity index (χ2v) is 8.18. The molecule has 0 aliphatic carbocycles. The number of H-pyrrole nitrogens is 1. The zero-order chi connectivity index (χ0) is 24.9. The summed E-state index contributed by atoms with van der Waals surface area (Å²) < 4.78 is 40.1. The van der Waals surface area contributed by atoms with Crippen molar-refractivity contribution in [3.05, 3.63) is 84.8 Å². The highest BCUT2D eigenvalue weighted by Crippen LogP contribution is 2.39. The van der Waals surface area contributed by atoms with Crippen molar-refractivity contribution in [3.8, 4) is 33.8 Å². The van der Waals surface area contributed by atoms with Crippen molar-refractivity contribution in [2.75, 3.05) is 0 Å². The Morgan fingerprint density at radius 3 is 2.47 bits per heavy atom. The predicted octanol–water partition coefficient (Wildman–Crippen LogP) is 6.02. The molecule has 4 heterocycles. The van der Waals surface area contributed by atoms with Crippen molar-refractivity contribution in [1.29, 1.82) is 0 Å². The van der Waals surface area contributed by atoms with Gasteiger partial charge in [-0.05, 0) is 36.8 Å². The lowest BCUT2D eigenvalue weighted by Gasteiger charge is -2.15. The van der Waals surface area contributed by atoms with E-state index in [1.807, 2.05) is 31.2 Å². The van der Waals surface area contributed by atoms with Crippen LogP contribution in [0.2, 0.25) is 0 Å². The molecule has 176 valence electrons. The van der Waals surface area contributed by atoms with E-state index in [0.29, 0.717) is 44.7 Å². The van der Waals surface area contributed by atoms with Gasteiger partial charge in [-0.15, -0.1) is 0 Å². The number of benzene rings is 2. The highest BCUT2D eigenvalue weighted by Gasteiger charge is 2.30. The van der Waals surface area contributed by atoms with E-state index in [-0.39, 0.29) is 0 Å². The van der Waals surface area contributed by atoms with Crippen LogP contribution in [0, 0.1) is 6.92 Å². The molecule has 6 aromatic rings. The van der Waals surface area contributed by atoms with Gasteiger partial charge in [0.25, 0.3) is 0 Å². The van der Waals surface area contributed by atoms with Crippen LogP contribution in [0.15, 0.2) is 73.7 Å². The molecule has 0 bridgehead atoms. The minimum Gasteiger partial charge on any atom is -0.341 e. The maximum Gasteiger partial charge on any atom is 0.416 e. The Hall–Kier alpha value is -4.73. The van der Waals surface area contributed by atoms with Gasteiger partial charge in [-0.3, -0.25) is 4.98 Å². The summed E-state index contributed by atoms with van der Waals surface area (Å²) in [4.78, 5) is 29.5. The first kappa shape index (κ1) is 21.8. The molecule has 2 aromatic carbocycles. The second-order valence-electron chi connectivity index (χ2n) is 8.18. The second kappa shape index (κ2) is 8.19. The van der Waals surface area contributed by atoms with Crippen molar-refractivity contribution in [1.82, 2.24) is 34.9 Å². The number of fused-ring (bicyclic) bond motifs is 2. The van der Waals surface area contributed by atoms with E-state index < -0.39 is 11.7 Å². The maximum atomic E-state index is 13.4. The van der Waals surface area contributed by atoms with Crippen molar-refractivity contribution in [2.24, 2.45) is 0 Å². The fourth-order valence-electron chi connectivity index (χ4n) is 4.37. The summed E-state index contributed by atoms with van der Waals surface area (Å²) in [6.07, 6.45) is 1.58. The molecule has 0 saturated heterocycles. The minimum atomic E-state index is -4.46. The number of imidazole rings is 1. The van der Waals surface area contributed by atoms with E-state index in [9.17, 15) is 13.2 Å². The van der Waals surface area contributed by atoms with E-state index in [0.717, 1.165) is 28.8 Å². The molecule has 10 heteroatoms. The molecule has 6 rings (SSSR count). The summed E-state index contributed by atoms with van der Waals surface area (Å²) >= 11 is 0. The Morgan fingerprint density at radius 2 is 1.61 bits per heavy atom. The number of rotatable bonds is 3. The molecule has 0 radical (unpaired) electrons. The van der Waals surface area contributed by atoms with E-state index in [1.165, 1.54) is 18.7 Å². The monoisotopic (exact) mass is 483 g/mol. The predicted molar refractivity (Wildman–Crippen MR) is 129 cm³/mol. The topological polar surface area (TPSA) is 93.1 Å². The number of pyridine rings is 1. The molecular weight excluding hydrogens is 467 g/mol. The van der Waals surface area contributed by atoms with Crippen LogP contribution in [0.25, 0.3) is 55.8 Å². The molecule has 0 aliphatic heterocycles. The molecule has 0 aliphatic rings. The van der Waals surface area contributed by atoms with Gasteiger partial charge in [-0.1, -0.05) is 24.3 Å². The van der Waals surface area contributed by atoms with E-state index >= 15 is 0 Å². The maximum absolute atomic E-state index is 13.4. The third-order valence-corrected chi connectivity index (χ3v) is 6.00. The van der Waals surface area contributed by atoms with Crippen LogP contribution in [0.1, 0.15) is 11.1 Å². The normalized spacial score (nSPS) is 11.9. The summed E-state index contributed by atoms with van der Waals surface area (Å²) in [6, 6.07) is 12.6. The Kier molecular flexibility index (Phi) is 4.96. The number of hydrogen-bond acceptors (Lipinski definition) is 6. The fourth-order valence-corrected chi connectivity index (χ4v) is 4.37. The summed E-state index contributed by atoms with van der Waals surface area (Å²) in [5.74, 6) is 0. The van der Waals surface area contributed by atoms with Crippen molar-refractivity contribution < 1.29 is 13.2 Å². The summed E-state index contributed by atoms with van der Waals surface area (Å²) in [5.41, 5.74) is 5.42. The minimum absolute atomic E-state index is 0.350. The third kappa shape index (κ3) is 3.54. The summed E-state index contributed by atoms with van der Waals surface area (Å²) in [6.45, 7) is 1.94. The van der Waals surface area contributed by atoms with Gasteiger partial charge in [0.15, 0.2) is 5.65 Å². The molecule has 1 N–H and O–H groups in total. The van der Waals surface area contributed by atoms with Gasteiger partial charge in [-0.2, -0.15) is 13.2 Å². The van der Waals surface area contributed by atoms with Gasteiger partial charge in [-0.25, -0.2) is 24.9 Å². The lowest BCUT2D eigenvalue weighted by atomic mass is 9.94. The van der Waals surface area contributed by atoms with Crippen LogP contribution in [0.4, 0.5) is 13.2 Å². The Bertz CT molecular complexity index is 1760. The van der Waals surface area contributed by atoms with Crippen LogP contribution >= 0.6 is 0 Å². The van der Waals surface area contributed by atoms with Crippen molar-refractivity contribution in [2.45, 2.75) is 13.1 Å². The average Bonchev–Trinajstić information content (AvgIpc) is 3.37. The van der Waals surface area contributed by atoms with Gasteiger partial charge in [0, 0.05) is 28.3 Å². The number of alkyl halides is 3. The molecule has 36 heavy (non-hydrogen) atoms. The first-order valence-electron chi connectivity index (χ1n) is 10.9. The van der Waals surface area contributed by atoms with Crippen molar-refractivity contribution >= 4 is 22.1 Å². The molecule has 0 spiro atoms. The standard InChI is InChI=1S/C26H16F3N7/c1-14-7-8-18-20(15-4-2-5-16(10-15)26(27,28)29)31-11-32-22(18)19(14)21-17(6-3-9-30-21)23-24-25(35-12-33-23)36-13-34-24/h2-13H,1H3,(H,33,34,35,36). The number of aromatic amines is 1. The summed E-state index contributed by atoms with van der Waals surface area (Å²) in [5, 5.41) is 0.614. The highest BCUT2D eigenvalue weighted by molar-refractivity contribution is 6.04. The summed E-state index contributed by atoms with van der Waals surface area (Å²) in [7, 11) is 0. The Balaban J connectivity index is 1.61. The molecule has 4 aromatic heterocycles. The Morgan fingerprint density at radius 1 is 0.778 bits per heavy atom. The lowest BCUT2D eigenvalue weighted by Crippen LogP contribution is -2.04. The SMILES string of the molecule is Cc1ccc2c(-c3cccc(C(F)(F)F)c3)ncnc2c1-c1ncccc1-c1ncnc2nc[nH]c12. The highest BCUT2D eigenvalue weighted by atomic mass is 19.4. The molecule has 0 amide bonds. The number of aromatic nitrogens is 7. The van der Waals surface area contributed by atoms with Crippen LogP contribution in [-0.4, -0.2) is 34.9 Å². The molecule has 0 saturated carbocycles. The zero-order valence-electron chi connectivity index (χ0n) is 18.7. The van der Waals surface area contributed by atoms with Gasteiger partial charge >= 0.3 is 6.18 Å². The molecule has 0 fully saturated rings. The number of nitrogens with one attached hydrogen (secondary N) is 1. The Labute approximate surface area is 202 Å². The van der Waals surface area contributed by atoms with E-state index in [1.54, 1.807) is 18.6 Å². The van der Waals surface area contributed by atoms with Crippen molar-refractivity contribution in [3.63, 3.8) is 0 Å². The number of halogens is 3. The van der Waals surface area contributed by atoms with E-state index in [2.05, 4.69) is 34.9 Å². The quantitative estimate of drug-likeness (QED) is 0.331. The van der Waals surface area contributed by atoms with Crippen LogP contribution in [0.3, 0.4) is 0 Å². The first-order chi connectivity index (χ1) is 17.4. The zero-order valence-corrected chi connectivity index (χ0v) is 18.7. The molecule has 7 nitrogen and oxygen atoms in total. The van der Waals surface area contributed by atoms with E-state index in [4.69, 9.17) is 0 Å². The average molecular weight is 483 g/mol. The van der Waals surface area contributed by atoms with Gasteiger partial charge in [0.1, 0.15) is 23.9 Å². The van der Waals surface area contributed by atoms with Crippen LogP contribution in [-0.2, 0) is 6.18 Å². The largest absolute Gasteiger partial charge is 0.416 e. The molecule has 0 unspecified atom stereocenters. The molecule has 0 atom stereocenters. The van der Waals surface area contributed by atoms with Gasteiger partial charge < -0.3 is 4.98 Å². The first-order valence-corrected chi connectivity index (χ1v) is 10.9. The number of nitrogens with zero attached hydrogens (tertiary/aromatic N) is 6. The smallest absolute Gasteiger partial charge is 0.341 e. The number of aryl methyl sites for hydroxylation is 1. The van der Waals surface area contributed by atoms with Crippen LogP contribution < -0.4 is 0 Å². The fraction of sp³-hybridized carbons (Fsp3) is 0.0769.